The van der Waals surface area contributed by atoms with Gasteiger partial charge in [0, 0.05) is 5.56 Å². The second-order valence-corrected chi connectivity index (χ2v) is 2.81. The van der Waals surface area contributed by atoms with E-state index in [0.29, 0.717) is 5.56 Å². The Morgan fingerprint density at radius 1 is 1.29 bits per heavy atom. The third-order valence-electron chi connectivity index (χ3n) is 1.89. The summed E-state index contributed by atoms with van der Waals surface area (Å²) < 4.78 is 4.52. The number of nitrogen functional groups attached to an aromatic ring is 1. The monoisotopic (exact) mass is 193 g/mol. The Morgan fingerprint density at radius 3 is 2.36 bits per heavy atom. The van der Waals surface area contributed by atoms with Crippen molar-refractivity contribution in [2.24, 2.45) is 0 Å². The van der Waals surface area contributed by atoms with Crippen LogP contribution in [-0.2, 0) is 4.74 Å². The minimum atomic E-state index is -0.536. The van der Waals surface area contributed by atoms with Crippen LogP contribution >= 0.6 is 0 Å². The van der Waals surface area contributed by atoms with E-state index >= 15 is 0 Å². The predicted molar refractivity (Wildman–Crippen MR) is 52.2 cm³/mol. The van der Waals surface area contributed by atoms with Crippen molar-refractivity contribution in [3.63, 3.8) is 0 Å². The molecule has 1 aromatic carbocycles. The molecule has 0 aliphatic carbocycles. The van der Waals surface area contributed by atoms with Gasteiger partial charge in [0.25, 0.3) is 0 Å². The largest absolute Gasteiger partial charge is 0.465 e. The maximum absolute atomic E-state index is 11.2. The van der Waals surface area contributed by atoms with E-state index in [4.69, 9.17) is 5.73 Å². The first-order valence-corrected chi connectivity index (χ1v) is 4.05. The maximum atomic E-state index is 11.2. The Bertz CT molecular complexity index is 385. The van der Waals surface area contributed by atoms with E-state index in [1.165, 1.54) is 20.1 Å². The van der Waals surface area contributed by atoms with E-state index in [1.54, 1.807) is 12.1 Å². The van der Waals surface area contributed by atoms with Gasteiger partial charge >= 0.3 is 5.97 Å². The maximum Gasteiger partial charge on any atom is 0.339 e. The third-order valence-corrected chi connectivity index (χ3v) is 1.89. The molecule has 0 bridgehead atoms. The van der Waals surface area contributed by atoms with Crippen LogP contribution in [0.3, 0.4) is 0 Å². The number of Topliss-reactive ketones (excluding diaryl/α,β-unsaturated/α-hetero) is 1. The number of ketones is 1. The zero-order chi connectivity index (χ0) is 10.7. The number of carbonyl (C=O) groups excluding carboxylic acids is 2. The number of carbonyl (C=O) groups is 2. The predicted octanol–water partition coefficient (Wildman–Crippen LogP) is 1.26. The highest BCUT2D eigenvalue weighted by atomic mass is 16.5. The number of nitrogens with two attached hydrogens (primary N) is 1. The first kappa shape index (κ1) is 10.2. The Labute approximate surface area is 81.7 Å². The number of hydrogen-bond acceptors (Lipinski definition) is 4. The highest BCUT2D eigenvalue weighted by Crippen LogP contribution is 2.18. The van der Waals surface area contributed by atoms with Crippen LogP contribution in [-0.4, -0.2) is 18.9 Å². The molecule has 0 unspecified atom stereocenters. The van der Waals surface area contributed by atoms with Crippen LogP contribution in [0.4, 0.5) is 5.69 Å². The summed E-state index contributed by atoms with van der Waals surface area (Å²) in [6.07, 6.45) is 0. The number of para-hydroxylation sites is 1. The molecule has 0 spiro atoms. The zero-order valence-electron chi connectivity index (χ0n) is 8.03. The summed E-state index contributed by atoms with van der Waals surface area (Å²) in [5.74, 6) is -0.709. The van der Waals surface area contributed by atoms with Gasteiger partial charge in [0.15, 0.2) is 5.78 Å². The standard InChI is InChI=1S/C10H11NO3/c1-6(12)7-4-3-5-8(9(7)11)10(13)14-2/h3-5H,11H2,1-2H3. The fourth-order valence-corrected chi connectivity index (χ4v) is 1.16. The molecule has 0 aromatic heterocycles. The molecule has 4 nitrogen and oxygen atoms in total. The summed E-state index contributed by atoms with van der Waals surface area (Å²) in [6, 6.07) is 4.69. The van der Waals surface area contributed by atoms with Crippen molar-refractivity contribution in [2.45, 2.75) is 6.92 Å². The number of rotatable bonds is 2. The summed E-state index contributed by atoms with van der Waals surface area (Å²) in [5, 5.41) is 0. The number of hydrogen-bond donors (Lipinski definition) is 1. The number of esters is 1. The molecule has 0 aliphatic rings. The van der Waals surface area contributed by atoms with E-state index in [9.17, 15) is 9.59 Å². The van der Waals surface area contributed by atoms with E-state index in [1.807, 2.05) is 0 Å². The third kappa shape index (κ3) is 1.74. The van der Waals surface area contributed by atoms with Crippen molar-refractivity contribution in [1.82, 2.24) is 0 Å². The average molecular weight is 193 g/mol. The molecule has 0 atom stereocenters. The molecule has 14 heavy (non-hydrogen) atoms. The van der Waals surface area contributed by atoms with Gasteiger partial charge in [0.2, 0.25) is 0 Å². The van der Waals surface area contributed by atoms with Crippen molar-refractivity contribution >= 4 is 17.4 Å². The summed E-state index contributed by atoms with van der Waals surface area (Å²) in [7, 11) is 1.27. The smallest absolute Gasteiger partial charge is 0.339 e. The quantitative estimate of drug-likeness (QED) is 0.436. The van der Waals surface area contributed by atoms with Crippen LogP contribution in [0.15, 0.2) is 18.2 Å². The lowest BCUT2D eigenvalue weighted by molar-refractivity contribution is 0.0602. The van der Waals surface area contributed by atoms with Gasteiger partial charge < -0.3 is 10.5 Å². The Balaban J connectivity index is 3.27. The Kier molecular flexibility index (Phi) is 2.86. The van der Waals surface area contributed by atoms with Gasteiger partial charge in [0.1, 0.15) is 0 Å². The van der Waals surface area contributed by atoms with Gasteiger partial charge in [-0.25, -0.2) is 4.79 Å². The zero-order valence-corrected chi connectivity index (χ0v) is 8.03. The van der Waals surface area contributed by atoms with Gasteiger partial charge in [-0.15, -0.1) is 0 Å². The molecule has 0 fully saturated rings. The lowest BCUT2D eigenvalue weighted by Gasteiger charge is -2.06. The first-order chi connectivity index (χ1) is 6.57. The number of anilines is 1. The molecule has 1 rings (SSSR count). The molecule has 0 saturated heterocycles. The molecule has 1 aromatic rings. The van der Waals surface area contributed by atoms with Crippen LogP contribution in [0.5, 0.6) is 0 Å². The molecule has 0 amide bonds. The van der Waals surface area contributed by atoms with Crippen LogP contribution < -0.4 is 5.73 Å². The van der Waals surface area contributed by atoms with Crippen molar-refractivity contribution in [2.75, 3.05) is 12.8 Å². The molecular formula is C10H11NO3. The van der Waals surface area contributed by atoms with Gasteiger partial charge in [-0.2, -0.15) is 0 Å². The summed E-state index contributed by atoms with van der Waals surface area (Å²) in [6.45, 7) is 1.40. The van der Waals surface area contributed by atoms with Crippen molar-refractivity contribution in [3.8, 4) is 0 Å². The van der Waals surface area contributed by atoms with Gasteiger partial charge in [-0.05, 0) is 19.1 Å². The second kappa shape index (κ2) is 3.91. The molecule has 0 radical (unpaired) electrons. The van der Waals surface area contributed by atoms with E-state index in [2.05, 4.69) is 4.74 Å². The minimum absolute atomic E-state index is 0.173. The summed E-state index contributed by atoms with van der Waals surface area (Å²) in [4.78, 5) is 22.3. The Morgan fingerprint density at radius 2 is 1.86 bits per heavy atom. The molecule has 74 valence electrons. The summed E-state index contributed by atoms with van der Waals surface area (Å²) >= 11 is 0. The minimum Gasteiger partial charge on any atom is -0.465 e. The van der Waals surface area contributed by atoms with Crippen LogP contribution in [0.2, 0.25) is 0 Å². The van der Waals surface area contributed by atoms with Crippen LogP contribution in [0.25, 0.3) is 0 Å². The SMILES string of the molecule is COC(=O)c1cccc(C(C)=O)c1N. The average Bonchev–Trinajstić information content (AvgIpc) is 2.16. The van der Waals surface area contributed by atoms with Gasteiger partial charge in [-0.3, -0.25) is 4.79 Å². The van der Waals surface area contributed by atoms with E-state index in [-0.39, 0.29) is 17.0 Å². The highest BCUT2D eigenvalue weighted by molar-refractivity contribution is 6.05. The van der Waals surface area contributed by atoms with Crippen molar-refractivity contribution in [3.05, 3.63) is 29.3 Å². The highest BCUT2D eigenvalue weighted by Gasteiger charge is 2.14. The lowest BCUT2D eigenvalue weighted by atomic mass is 10.0. The molecule has 0 aliphatic heterocycles. The summed E-state index contributed by atoms with van der Waals surface area (Å²) in [5.41, 5.74) is 6.38. The molecule has 4 heteroatoms. The molecule has 2 N–H and O–H groups in total. The van der Waals surface area contributed by atoms with Crippen molar-refractivity contribution < 1.29 is 14.3 Å². The van der Waals surface area contributed by atoms with Crippen LogP contribution in [0.1, 0.15) is 27.6 Å². The van der Waals surface area contributed by atoms with Crippen LogP contribution in [0, 0.1) is 0 Å². The normalized spacial score (nSPS) is 9.57. The molecule has 0 saturated carbocycles. The topological polar surface area (TPSA) is 69.4 Å². The number of methoxy groups -OCH3 is 1. The van der Waals surface area contributed by atoms with Crippen molar-refractivity contribution in [1.29, 1.82) is 0 Å². The van der Waals surface area contributed by atoms with E-state index in [0.717, 1.165) is 0 Å². The lowest BCUT2D eigenvalue weighted by Crippen LogP contribution is -2.09. The number of benzene rings is 1. The fourth-order valence-electron chi connectivity index (χ4n) is 1.16. The second-order valence-electron chi connectivity index (χ2n) is 2.81. The number of ether oxygens (including phenoxy) is 1. The Hall–Kier alpha value is -1.84. The van der Waals surface area contributed by atoms with E-state index < -0.39 is 5.97 Å². The molecular weight excluding hydrogens is 182 g/mol. The van der Waals surface area contributed by atoms with Gasteiger partial charge in [0.05, 0.1) is 18.4 Å². The van der Waals surface area contributed by atoms with Gasteiger partial charge in [-0.1, -0.05) is 6.07 Å². The molecule has 0 heterocycles. The first-order valence-electron chi connectivity index (χ1n) is 4.05. The fraction of sp³-hybridized carbons (Fsp3) is 0.200.